The zero-order valence-corrected chi connectivity index (χ0v) is 8.20. The molecule has 0 spiro atoms. The second kappa shape index (κ2) is 3.35. The van der Waals surface area contributed by atoms with Crippen molar-refractivity contribution in [3.8, 4) is 6.07 Å². The van der Waals surface area contributed by atoms with E-state index >= 15 is 0 Å². The van der Waals surface area contributed by atoms with Gasteiger partial charge in [0, 0.05) is 6.42 Å². The van der Waals surface area contributed by atoms with E-state index in [9.17, 15) is 5.21 Å². The van der Waals surface area contributed by atoms with E-state index in [4.69, 9.17) is 10.00 Å². The smallest absolute Gasteiger partial charge is 0.294 e. The molecule has 0 radical (unpaired) electrons. The van der Waals surface area contributed by atoms with Gasteiger partial charge in [-0.2, -0.15) is 10.0 Å². The zero-order chi connectivity index (χ0) is 10.1. The van der Waals surface area contributed by atoms with Crippen LogP contribution in [0.4, 0.5) is 0 Å². The molecule has 0 bridgehead atoms. The van der Waals surface area contributed by atoms with Gasteiger partial charge in [0.2, 0.25) is 0 Å². The Kier molecular flexibility index (Phi) is 2.58. The Bertz CT molecular complexity index is 270. The van der Waals surface area contributed by atoms with Gasteiger partial charge in [0.05, 0.1) is 5.60 Å². The minimum absolute atomic E-state index is 0.204. The van der Waals surface area contributed by atoms with Crippen LogP contribution >= 0.6 is 0 Å². The molecule has 1 aliphatic heterocycles. The zero-order valence-electron chi connectivity index (χ0n) is 8.20. The first-order valence-electron chi connectivity index (χ1n) is 4.33. The molecular formula is C9H14N2O2. The van der Waals surface area contributed by atoms with Crippen LogP contribution in [0.3, 0.4) is 0 Å². The van der Waals surface area contributed by atoms with Gasteiger partial charge < -0.3 is 9.94 Å². The fraction of sp³-hybridized carbons (Fsp3) is 0.778. The minimum atomic E-state index is -0.317. The summed E-state index contributed by atoms with van der Waals surface area (Å²) in [5.74, 6) is 0. The predicted molar refractivity (Wildman–Crippen MR) is 48.4 cm³/mol. The van der Waals surface area contributed by atoms with Crippen molar-refractivity contribution in [1.82, 2.24) is 0 Å². The molecule has 0 amide bonds. The van der Waals surface area contributed by atoms with Crippen molar-refractivity contribution < 1.29 is 9.48 Å². The van der Waals surface area contributed by atoms with E-state index in [1.807, 2.05) is 26.8 Å². The maximum Gasteiger partial charge on any atom is 0.294 e. The highest BCUT2D eigenvalue weighted by Gasteiger charge is 2.34. The Morgan fingerprint density at radius 1 is 1.62 bits per heavy atom. The summed E-state index contributed by atoms with van der Waals surface area (Å²) in [5.41, 5.74) is -0.104. The third-order valence-electron chi connectivity index (χ3n) is 1.78. The molecule has 0 saturated heterocycles. The van der Waals surface area contributed by atoms with Crippen LogP contribution in [-0.2, 0) is 4.74 Å². The highest BCUT2D eigenvalue weighted by molar-refractivity contribution is 5.98. The first-order valence-corrected chi connectivity index (χ1v) is 4.33. The molecule has 0 N–H and O–H groups in total. The second-order valence-electron chi connectivity index (χ2n) is 4.11. The lowest BCUT2D eigenvalue weighted by molar-refractivity contribution is -0.447. The van der Waals surface area contributed by atoms with Crippen LogP contribution in [0.5, 0.6) is 0 Å². The van der Waals surface area contributed by atoms with Gasteiger partial charge >= 0.3 is 0 Å². The minimum Gasteiger partial charge on any atom is -0.623 e. The van der Waals surface area contributed by atoms with E-state index in [1.165, 1.54) is 0 Å². The summed E-state index contributed by atoms with van der Waals surface area (Å²) >= 11 is 0. The van der Waals surface area contributed by atoms with Crippen molar-refractivity contribution in [2.45, 2.75) is 38.9 Å². The highest BCUT2D eigenvalue weighted by atomic mass is 16.5. The lowest BCUT2D eigenvalue weighted by Crippen LogP contribution is -2.31. The largest absolute Gasteiger partial charge is 0.623 e. The molecule has 72 valence electrons. The number of rotatable bonds is 1. The number of hydroxylamine groups is 1. The van der Waals surface area contributed by atoms with Crippen molar-refractivity contribution in [2.75, 3.05) is 6.54 Å². The van der Waals surface area contributed by atoms with E-state index in [-0.39, 0.29) is 17.4 Å². The van der Waals surface area contributed by atoms with Gasteiger partial charge in [-0.3, -0.25) is 0 Å². The monoisotopic (exact) mass is 182 g/mol. The first-order chi connectivity index (χ1) is 5.94. The lowest BCUT2D eigenvalue weighted by atomic mass is 10.1. The number of nitrogens with zero attached hydrogens (tertiary/aromatic N) is 2. The van der Waals surface area contributed by atoms with Crippen molar-refractivity contribution in [2.24, 2.45) is 0 Å². The van der Waals surface area contributed by atoms with Gasteiger partial charge in [0.1, 0.15) is 0 Å². The summed E-state index contributed by atoms with van der Waals surface area (Å²) < 4.78 is 6.29. The fourth-order valence-corrected chi connectivity index (χ4v) is 1.32. The fourth-order valence-electron chi connectivity index (χ4n) is 1.32. The second-order valence-corrected chi connectivity index (χ2v) is 4.11. The lowest BCUT2D eigenvalue weighted by Gasteiger charge is -2.22. The maximum absolute atomic E-state index is 11.1. The molecule has 1 atom stereocenters. The maximum atomic E-state index is 11.1. The van der Waals surface area contributed by atoms with Crippen LogP contribution in [0.25, 0.3) is 0 Å². The molecule has 13 heavy (non-hydrogen) atoms. The Morgan fingerprint density at radius 3 is 2.69 bits per heavy atom. The molecule has 0 saturated carbocycles. The summed E-state index contributed by atoms with van der Waals surface area (Å²) in [6.45, 7) is 6.10. The van der Waals surface area contributed by atoms with Crippen molar-refractivity contribution in [3.05, 3.63) is 5.21 Å². The van der Waals surface area contributed by atoms with Gasteiger partial charge in [-0.25, -0.2) is 0 Å². The van der Waals surface area contributed by atoms with E-state index in [2.05, 4.69) is 0 Å². The molecule has 4 nitrogen and oxygen atoms in total. The van der Waals surface area contributed by atoms with Crippen LogP contribution in [0.1, 0.15) is 27.2 Å². The van der Waals surface area contributed by atoms with Gasteiger partial charge in [-0.05, 0) is 20.8 Å². The molecule has 0 aromatic rings. The molecule has 0 fully saturated rings. The molecular weight excluding hydrogens is 168 g/mol. The molecule has 0 aromatic carbocycles. The molecule has 1 aliphatic rings. The van der Waals surface area contributed by atoms with Gasteiger partial charge in [0.25, 0.3) is 5.71 Å². The predicted octanol–water partition coefficient (Wildman–Crippen LogP) is 1.05. The van der Waals surface area contributed by atoms with Gasteiger partial charge in [-0.1, -0.05) is 0 Å². The summed E-state index contributed by atoms with van der Waals surface area (Å²) in [6.07, 6.45) is 0.298. The molecule has 1 heterocycles. The summed E-state index contributed by atoms with van der Waals surface area (Å²) in [7, 11) is 0. The molecule has 4 heteroatoms. The number of nitriles is 1. The van der Waals surface area contributed by atoms with Crippen molar-refractivity contribution >= 4 is 5.71 Å². The summed E-state index contributed by atoms with van der Waals surface area (Å²) in [5, 5.41) is 19.8. The number of ether oxygens (including phenoxy) is 1. The summed E-state index contributed by atoms with van der Waals surface area (Å²) in [4.78, 5) is 0. The van der Waals surface area contributed by atoms with Crippen molar-refractivity contribution in [3.63, 3.8) is 0 Å². The van der Waals surface area contributed by atoms with Crippen LogP contribution < -0.4 is 0 Å². The number of hydrogen-bond acceptors (Lipinski definition) is 3. The van der Waals surface area contributed by atoms with Crippen LogP contribution in [0, 0.1) is 16.5 Å². The van der Waals surface area contributed by atoms with E-state index in [0.717, 1.165) is 4.74 Å². The third kappa shape index (κ3) is 2.43. The van der Waals surface area contributed by atoms with Gasteiger partial charge in [-0.15, -0.1) is 0 Å². The van der Waals surface area contributed by atoms with E-state index in [0.29, 0.717) is 13.0 Å². The topological polar surface area (TPSA) is 59.1 Å². The van der Waals surface area contributed by atoms with E-state index < -0.39 is 0 Å². The van der Waals surface area contributed by atoms with Crippen LogP contribution in [0.15, 0.2) is 0 Å². The standard InChI is InChI=1S/C9H14N2O2/c1-9(2,3)13-8-4-5-11(12)7(8)6-10/h8H,4-5H2,1-3H3/t8-/m0/s1. The first kappa shape index (κ1) is 10.0. The van der Waals surface area contributed by atoms with Gasteiger partial charge in [0.15, 0.2) is 18.7 Å². The van der Waals surface area contributed by atoms with Crippen LogP contribution in [-0.4, -0.2) is 28.7 Å². The Balaban J connectivity index is 2.71. The molecule has 0 aliphatic carbocycles. The summed E-state index contributed by atoms with van der Waals surface area (Å²) in [6, 6.07) is 1.89. The normalized spacial score (nSPS) is 23.4. The van der Waals surface area contributed by atoms with E-state index in [1.54, 1.807) is 0 Å². The SMILES string of the molecule is CC(C)(C)O[C@H]1CC[N+]([O-])=C1C#N. The average Bonchev–Trinajstić information content (AvgIpc) is 2.28. The highest BCUT2D eigenvalue weighted by Crippen LogP contribution is 2.17. The Hall–Kier alpha value is -1.08. The molecule has 0 unspecified atom stereocenters. The Labute approximate surface area is 78.0 Å². The van der Waals surface area contributed by atoms with Crippen molar-refractivity contribution in [1.29, 1.82) is 5.26 Å². The number of hydrogen-bond donors (Lipinski definition) is 0. The molecule has 0 aromatic heterocycles. The Morgan fingerprint density at radius 2 is 2.23 bits per heavy atom. The van der Waals surface area contributed by atoms with Crippen LogP contribution in [0.2, 0.25) is 0 Å². The third-order valence-corrected chi connectivity index (χ3v) is 1.78. The molecule has 1 rings (SSSR count). The average molecular weight is 182 g/mol. The quantitative estimate of drug-likeness (QED) is 0.450.